The molecule has 2 aromatic carbocycles. The molecule has 0 unspecified atom stereocenters. The van der Waals surface area contributed by atoms with Gasteiger partial charge in [0.25, 0.3) is 0 Å². The molecule has 0 radical (unpaired) electrons. The normalized spacial score (nSPS) is 13.5. The van der Waals surface area contributed by atoms with E-state index in [0.717, 1.165) is 28.3 Å². The van der Waals surface area contributed by atoms with E-state index in [1.54, 1.807) is 11.7 Å². The van der Waals surface area contributed by atoms with E-state index < -0.39 is 5.97 Å². The van der Waals surface area contributed by atoms with Gasteiger partial charge in [-0.1, -0.05) is 81.7 Å². The Labute approximate surface area is 209 Å². The van der Waals surface area contributed by atoms with Gasteiger partial charge in [0.1, 0.15) is 12.3 Å². The van der Waals surface area contributed by atoms with Gasteiger partial charge in [0.05, 0.1) is 12.1 Å². The molecule has 186 valence electrons. The summed E-state index contributed by atoms with van der Waals surface area (Å²) in [5, 5.41) is 10.5. The van der Waals surface area contributed by atoms with Crippen molar-refractivity contribution in [3.8, 4) is 5.75 Å². The van der Waals surface area contributed by atoms with Crippen molar-refractivity contribution in [3.05, 3.63) is 64.3 Å². The van der Waals surface area contributed by atoms with Crippen LogP contribution in [0.1, 0.15) is 68.7 Å². The summed E-state index contributed by atoms with van der Waals surface area (Å²) in [6.45, 7) is 8.31. The molecule has 1 aliphatic carbocycles. The third-order valence-electron chi connectivity index (χ3n) is 6.50. The summed E-state index contributed by atoms with van der Waals surface area (Å²) in [5.74, 6) is 1.04. The first-order valence-corrected chi connectivity index (χ1v) is 12.7. The second kappa shape index (κ2) is 14.1. The summed E-state index contributed by atoms with van der Waals surface area (Å²) in [6.07, 6.45) is 10.4. The Kier molecular flexibility index (Phi) is 11.5. The van der Waals surface area contributed by atoms with Crippen LogP contribution in [-0.2, 0) is 11.3 Å². The van der Waals surface area contributed by atoms with Gasteiger partial charge in [-0.25, -0.2) is 0 Å². The van der Waals surface area contributed by atoms with E-state index in [1.165, 1.54) is 56.1 Å². The summed E-state index contributed by atoms with van der Waals surface area (Å²) >= 11 is 5.88. The third kappa shape index (κ3) is 8.39. The molecule has 0 amide bonds. The van der Waals surface area contributed by atoms with Gasteiger partial charge in [-0.15, -0.1) is 0 Å². The van der Waals surface area contributed by atoms with Gasteiger partial charge in [-0.3, -0.25) is 4.79 Å². The lowest BCUT2D eigenvalue weighted by atomic mass is 9.86. The number of halogens is 1. The highest BCUT2D eigenvalue weighted by atomic mass is 35.5. The van der Waals surface area contributed by atoms with Gasteiger partial charge in [-0.2, -0.15) is 0 Å². The molecule has 1 fully saturated rings. The number of para-hydroxylation sites is 1. The van der Waals surface area contributed by atoms with E-state index in [2.05, 4.69) is 6.92 Å². The van der Waals surface area contributed by atoms with Gasteiger partial charge in [0, 0.05) is 11.2 Å². The molecular formula is C29H40ClNO3. The maximum atomic E-state index is 10.6. The molecule has 34 heavy (non-hydrogen) atoms. The number of rotatable bonds is 5. The largest absolute Gasteiger partial charge is 0.495 e. The number of aromatic nitrogens is 1. The third-order valence-corrected chi connectivity index (χ3v) is 6.80. The molecule has 5 heteroatoms. The van der Waals surface area contributed by atoms with E-state index in [1.807, 2.05) is 63.2 Å². The Hall–Kier alpha value is -2.46. The fraction of sp³-hybridized carbons (Fsp3) is 0.483. The molecule has 0 saturated heterocycles. The highest BCUT2D eigenvalue weighted by molar-refractivity contribution is 6.32. The molecule has 0 bridgehead atoms. The number of methoxy groups -OCH3 is 1. The topological polar surface area (TPSA) is 51.5 Å². The van der Waals surface area contributed by atoms with Crippen LogP contribution in [0.4, 0.5) is 0 Å². The fourth-order valence-corrected chi connectivity index (χ4v) is 4.78. The van der Waals surface area contributed by atoms with Crippen molar-refractivity contribution < 1.29 is 14.6 Å². The maximum absolute atomic E-state index is 10.6. The predicted molar refractivity (Wildman–Crippen MR) is 143 cm³/mol. The standard InChI is InChI=1S/C11H11NO2.C9H11ClO.C9H18/c1-8-6-9-4-2-3-5-10(9)12(8)7-11(13)14;1-6-4-8(10)9(11-3)5-7(6)2;1-2-6-9-7-4-3-5-8-9/h2-6H,7H2,1H3,(H,13,14);4-5H,1-3H3;9H,2-8H2,1H3. The molecule has 1 saturated carbocycles. The summed E-state index contributed by atoms with van der Waals surface area (Å²) in [7, 11) is 1.62. The number of carboxylic acids is 1. The Balaban J connectivity index is 0.000000185. The monoisotopic (exact) mass is 485 g/mol. The summed E-state index contributed by atoms with van der Waals surface area (Å²) in [5.41, 5.74) is 4.35. The van der Waals surface area contributed by atoms with Gasteiger partial charge in [0.15, 0.2) is 0 Å². The Morgan fingerprint density at radius 3 is 2.32 bits per heavy atom. The molecule has 0 atom stereocenters. The second-order valence-electron chi connectivity index (χ2n) is 9.19. The molecule has 3 aromatic rings. The highest BCUT2D eigenvalue weighted by Crippen LogP contribution is 2.27. The maximum Gasteiger partial charge on any atom is 0.323 e. The van der Waals surface area contributed by atoms with Gasteiger partial charge >= 0.3 is 5.97 Å². The number of carbonyl (C=O) groups is 1. The lowest BCUT2D eigenvalue weighted by Crippen LogP contribution is -2.09. The van der Waals surface area contributed by atoms with Crippen LogP contribution in [0.5, 0.6) is 5.75 Å². The summed E-state index contributed by atoms with van der Waals surface area (Å²) in [6, 6.07) is 13.6. The van der Waals surface area contributed by atoms with Crippen LogP contribution < -0.4 is 4.74 Å². The van der Waals surface area contributed by atoms with Crippen LogP contribution in [0.3, 0.4) is 0 Å². The zero-order chi connectivity index (χ0) is 25.1. The van der Waals surface area contributed by atoms with Crippen molar-refractivity contribution in [1.82, 2.24) is 4.57 Å². The van der Waals surface area contributed by atoms with Crippen molar-refractivity contribution in [2.75, 3.05) is 7.11 Å². The van der Waals surface area contributed by atoms with Crippen LogP contribution >= 0.6 is 11.6 Å². The minimum atomic E-state index is -0.811. The fourth-order valence-electron chi connectivity index (χ4n) is 4.49. The van der Waals surface area contributed by atoms with E-state index in [9.17, 15) is 4.79 Å². The molecule has 1 N–H and O–H groups in total. The molecule has 4 nitrogen and oxygen atoms in total. The number of carboxylic acid groups (broad SMARTS) is 1. The average Bonchev–Trinajstić information content (AvgIpc) is 3.12. The molecule has 1 heterocycles. The SMILES string of the molecule is CCCC1CCCCC1.COc1cc(C)c(C)cc1Cl.Cc1cc2ccccc2n1CC(=O)O. The van der Waals surface area contributed by atoms with E-state index >= 15 is 0 Å². The van der Waals surface area contributed by atoms with E-state index in [0.29, 0.717) is 5.02 Å². The molecule has 1 aliphatic rings. The van der Waals surface area contributed by atoms with Gasteiger partial charge < -0.3 is 14.4 Å². The van der Waals surface area contributed by atoms with E-state index in [4.69, 9.17) is 21.4 Å². The van der Waals surface area contributed by atoms with Crippen LogP contribution in [0.25, 0.3) is 10.9 Å². The summed E-state index contributed by atoms with van der Waals surface area (Å²) < 4.78 is 6.85. The lowest BCUT2D eigenvalue weighted by molar-refractivity contribution is -0.137. The van der Waals surface area contributed by atoms with Crippen molar-refractivity contribution >= 4 is 28.5 Å². The molecule has 1 aromatic heterocycles. The molecular weight excluding hydrogens is 446 g/mol. The number of hydrogen-bond acceptors (Lipinski definition) is 2. The number of aliphatic carboxylic acids is 1. The Morgan fingerprint density at radius 2 is 1.71 bits per heavy atom. The van der Waals surface area contributed by atoms with Crippen molar-refractivity contribution in [2.45, 2.75) is 79.2 Å². The van der Waals surface area contributed by atoms with Crippen molar-refractivity contribution in [1.29, 1.82) is 0 Å². The summed E-state index contributed by atoms with van der Waals surface area (Å²) in [4.78, 5) is 10.6. The number of aryl methyl sites for hydroxylation is 3. The number of benzene rings is 2. The smallest absolute Gasteiger partial charge is 0.323 e. The first-order valence-electron chi connectivity index (χ1n) is 12.3. The predicted octanol–water partition coefficient (Wildman–Crippen LogP) is 8.37. The number of ether oxygens (including phenoxy) is 1. The van der Waals surface area contributed by atoms with Crippen molar-refractivity contribution in [2.24, 2.45) is 5.92 Å². The molecule has 4 rings (SSSR count). The van der Waals surface area contributed by atoms with Crippen LogP contribution in [0.15, 0.2) is 42.5 Å². The molecule has 0 spiro atoms. The zero-order valence-electron chi connectivity index (χ0n) is 21.4. The number of fused-ring (bicyclic) bond motifs is 1. The van der Waals surface area contributed by atoms with Gasteiger partial charge in [0.2, 0.25) is 0 Å². The van der Waals surface area contributed by atoms with Crippen LogP contribution in [-0.4, -0.2) is 22.8 Å². The van der Waals surface area contributed by atoms with E-state index in [-0.39, 0.29) is 6.54 Å². The number of nitrogens with zero attached hydrogens (tertiary/aromatic N) is 1. The minimum Gasteiger partial charge on any atom is -0.495 e. The van der Waals surface area contributed by atoms with Crippen LogP contribution in [0, 0.1) is 26.7 Å². The Bertz CT molecular complexity index is 1050. The van der Waals surface area contributed by atoms with Crippen LogP contribution in [0.2, 0.25) is 5.02 Å². The van der Waals surface area contributed by atoms with Crippen molar-refractivity contribution in [3.63, 3.8) is 0 Å². The minimum absolute atomic E-state index is 0.0271. The first kappa shape index (κ1) is 27.8. The second-order valence-corrected chi connectivity index (χ2v) is 9.60. The highest BCUT2D eigenvalue weighted by Gasteiger charge is 2.11. The van der Waals surface area contributed by atoms with Gasteiger partial charge in [-0.05, 0) is 67.5 Å². The molecule has 0 aliphatic heterocycles. The quantitative estimate of drug-likeness (QED) is 0.394. The first-order chi connectivity index (χ1) is 16.3. The number of hydrogen-bond donors (Lipinski definition) is 1. The lowest BCUT2D eigenvalue weighted by Gasteiger charge is -2.20. The average molecular weight is 486 g/mol. The zero-order valence-corrected chi connectivity index (χ0v) is 22.1. The Morgan fingerprint density at radius 1 is 1.06 bits per heavy atom.